The fourth-order valence-electron chi connectivity index (χ4n) is 3.58. The maximum atomic E-state index is 12.7. The Kier molecular flexibility index (Phi) is 7.28. The van der Waals surface area contributed by atoms with E-state index in [4.69, 9.17) is 14.1 Å². The van der Waals surface area contributed by atoms with Crippen molar-refractivity contribution in [3.8, 4) is 6.07 Å². The zero-order valence-electron chi connectivity index (χ0n) is 19.1. The highest BCUT2D eigenvalue weighted by Gasteiger charge is 2.17. The zero-order valence-corrected chi connectivity index (χ0v) is 19.1. The van der Waals surface area contributed by atoms with E-state index in [0.717, 1.165) is 17.7 Å². The summed E-state index contributed by atoms with van der Waals surface area (Å²) in [5, 5.41) is 18.2. The number of hydrogen-bond donors (Lipinski definition) is 3. The normalized spacial score (nSPS) is 11.3. The van der Waals surface area contributed by atoms with Crippen LogP contribution in [0.5, 0.6) is 0 Å². The molecule has 0 fully saturated rings. The third kappa shape index (κ3) is 5.97. The van der Waals surface area contributed by atoms with Crippen molar-refractivity contribution in [3.63, 3.8) is 0 Å². The molecule has 8 heteroatoms. The van der Waals surface area contributed by atoms with E-state index in [1.807, 2.05) is 18.2 Å². The first-order chi connectivity index (χ1) is 17.1. The molecule has 1 unspecified atom stereocenters. The lowest BCUT2D eigenvalue weighted by Gasteiger charge is -2.21. The first-order valence-electron chi connectivity index (χ1n) is 11.1. The molecule has 0 aliphatic carbocycles. The van der Waals surface area contributed by atoms with Crippen LogP contribution in [-0.4, -0.2) is 17.9 Å². The Labute approximate surface area is 202 Å². The molecule has 0 saturated carbocycles. The third-order valence-corrected chi connectivity index (χ3v) is 5.45. The van der Waals surface area contributed by atoms with Crippen molar-refractivity contribution in [1.82, 2.24) is 0 Å². The summed E-state index contributed by atoms with van der Waals surface area (Å²) in [6, 6.07) is 21.3. The summed E-state index contributed by atoms with van der Waals surface area (Å²) < 4.78 is 10.4. The molecule has 3 N–H and O–H groups in total. The van der Waals surface area contributed by atoms with Gasteiger partial charge in [0.15, 0.2) is 11.5 Å². The average Bonchev–Trinajstić information content (AvgIpc) is 3.60. The van der Waals surface area contributed by atoms with Crippen molar-refractivity contribution in [2.24, 2.45) is 0 Å². The maximum Gasteiger partial charge on any atom is 0.291 e. The molecule has 176 valence electrons. The molecule has 0 saturated heterocycles. The first-order valence-corrected chi connectivity index (χ1v) is 11.1. The van der Waals surface area contributed by atoms with E-state index in [2.05, 4.69) is 28.9 Å². The van der Waals surface area contributed by atoms with Crippen LogP contribution >= 0.6 is 0 Å². The highest BCUT2D eigenvalue weighted by atomic mass is 16.3. The summed E-state index contributed by atoms with van der Waals surface area (Å²) in [6.07, 6.45) is 4.29. The van der Waals surface area contributed by atoms with Gasteiger partial charge in [-0.2, -0.15) is 5.26 Å². The number of benzene rings is 2. The number of rotatable bonds is 9. The number of furan rings is 2. The topological polar surface area (TPSA) is 120 Å². The second-order valence-electron chi connectivity index (χ2n) is 7.88. The summed E-state index contributed by atoms with van der Waals surface area (Å²) in [5.41, 5.74) is 3.45. The molecule has 0 bridgehead atoms. The molecule has 2 amide bonds. The van der Waals surface area contributed by atoms with E-state index in [9.17, 15) is 9.59 Å². The molecule has 2 aromatic heterocycles. The van der Waals surface area contributed by atoms with E-state index in [1.165, 1.54) is 12.5 Å². The molecule has 4 aromatic rings. The number of nitriles is 1. The smallest absolute Gasteiger partial charge is 0.291 e. The van der Waals surface area contributed by atoms with Gasteiger partial charge in [0, 0.05) is 23.1 Å². The van der Waals surface area contributed by atoms with Crippen molar-refractivity contribution in [3.05, 3.63) is 102 Å². The predicted octanol–water partition coefficient (Wildman–Crippen LogP) is 5.68. The largest absolute Gasteiger partial charge is 0.459 e. The number of carbonyl (C=O) groups excluding carboxylic acids is 2. The van der Waals surface area contributed by atoms with Crippen LogP contribution in [0.1, 0.15) is 45.6 Å². The molecule has 0 spiro atoms. The summed E-state index contributed by atoms with van der Waals surface area (Å²) >= 11 is 0. The Morgan fingerprint density at radius 1 is 0.886 bits per heavy atom. The molecule has 35 heavy (non-hydrogen) atoms. The third-order valence-electron chi connectivity index (χ3n) is 5.45. The predicted molar refractivity (Wildman–Crippen MR) is 132 cm³/mol. The number of nitrogens with one attached hydrogen (secondary N) is 3. The number of carbonyl (C=O) groups is 2. The fraction of sp³-hybridized carbons (Fsp3) is 0.148. The number of amides is 2. The van der Waals surface area contributed by atoms with Gasteiger partial charge < -0.3 is 24.8 Å². The molecule has 2 aromatic carbocycles. The minimum Gasteiger partial charge on any atom is -0.459 e. The van der Waals surface area contributed by atoms with Crippen molar-refractivity contribution in [2.45, 2.75) is 25.8 Å². The van der Waals surface area contributed by atoms with Crippen molar-refractivity contribution in [1.29, 1.82) is 5.26 Å². The molecular weight excluding hydrogens is 444 g/mol. The van der Waals surface area contributed by atoms with Crippen molar-refractivity contribution >= 4 is 28.9 Å². The minimum atomic E-state index is -0.390. The average molecular weight is 469 g/mol. The van der Waals surface area contributed by atoms with Gasteiger partial charge in [-0.25, -0.2) is 0 Å². The van der Waals surface area contributed by atoms with Crippen LogP contribution in [0.4, 0.5) is 17.1 Å². The second-order valence-corrected chi connectivity index (χ2v) is 7.88. The summed E-state index contributed by atoms with van der Waals surface area (Å²) in [6.45, 7) is 2.07. The van der Waals surface area contributed by atoms with Crippen LogP contribution in [0.15, 0.2) is 88.1 Å². The van der Waals surface area contributed by atoms with E-state index in [1.54, 1.807) is 48.5 Å². The molecule has 2 heterocycles. The minimum absolute atomic E-state index is 0.0609. The van der Waals surface area contributed by atoms with Gasteiger partial charge in [0.2, 0.25) is 0 Å². The Morgan fingerprint density at radius 3 is 2.09 bits per heavy atom. The van der Waals surface area contributed by atoms with Gasteiger partial charge in [-0.05, 0) is 79.1 Å². The van der Waals surface area contributed by atoms with Crippen molar-refractivity contribution < 1.29 is 18.4 Å². The molecule has 8 nitrogen and oxygen atoms in total. The van der Waals surface area contributed by atoms with Crippen LogP contribution in [0.3, 0.4) is 0 Å². The van der Waals surface area contributed by atoms with Crippen LogP contribution in [0.25, 0.3) is 0 Å². The van der Waals surface area contributed by atoms with Gasteiger partial charge in [-0.3, -0.25) is 9.59 Å². The first kappa shape index (κ1) is 23.4. The molecule has 1 atom stereocenters. The van der Waals surface area contributed by atoms with Gasteiger partial charge in [-0.1, -0.05) is 13.0 Å². The molecule has 4 rings (SSSR count). The van der Waals surface area contributed by atoms with Crippen LogP contribution in [-0.2, 0) is 6.42 Å². The van der Waals surface area contributed by atoms with Gasteiger partial charge in [-0.15, -0.1) is 0 Å². The standard InChI is InChI=1S/C27H24N4O4/c1-2-20(29-21-10-7-18(17-28)8-11-21)15-19-9-12-22(30-26(32)24-5-3-13-34-24)16-23(19)31-27(33)25-6-4-14-35-25/h3-14,16,20,29H,2,15H2,1H3,(H,30,32)(H,31,33). The van der Waals surface area contributed by atoms with Crippen LogP contribution < -0.4 is 16.0 Å². The van der Waals surface area contributed by atoms with Crippen LogP contribution in [0.2, 0.25) is 0 Å². The second kappa shape index (κ2) is 10.9. The van der Waals surface area contributed by atoms with Gasteiger partial charge in [0.05, 0.1) is 24.2 Å². The number of nitrogens with zero attached hydrogens (tertiary/aromatic N) is 1. The van der Waals surface area contributed by atoms with E-state index >= 15 is 0 Å². The lowest BCUT2D eigenvalue weighted by molar-refractivity contribution is 0.0990. The lowest BCUT2D eigenvalue weighted by atomic mass is 10.0. The summed E-state index contributed by atoms with van der Waals surface area (Å²) in [7, 11) is 0. The lowest BCUT2D eigenvalue weighted by Crippen LogP contribution is -2.23. The monoisotopic (exact) mass is 468 g/mol. The quantitative estimate of drug-likeness (QED) is 0.291. The molecule has 0 aliphatic rings. The fourth-order valence-corrected chi connectivity index (χ4v) is 3.58. The molecule has 0 radical (unpaired) electrons. The number of anilines is 3. The van der Waals surface area contributed by atoms with Crippen molar-refractivity contribution in [2.75, 3.05) is 16.0 Å². The van der Waals surface area contributed by atoms with Gasteiger partial charge in [0.1, 0.15) is 0 Å². The Morgan fingerprint density at radius 2 is 1.51 bits per heavy atom. The van der Waals surface area contributed by atoms with Gasteiger partial charge >= 0.3 is 0 Å². The van der Waals surface area contributed by atoms with E-state index in [0.29, 0.717) is 23.4 Å². The van der Waals surface area contributed by atoms with Gasteiger partial charge in [0.25, 0.3) is 11.8 Å². The van der Waals surface area contributed by atoms with Crippen LogP contribution in [0, 0.1) is 11.3 Å². The Bertz CT molecular complexity index is 1320. The Hall–Kier alpha value is -4.77. The van der Waals surface area contributed by atoms with E-state index < -0.39 is 0 Å². The SMILES string of the molecule is CCC(Cc1ccc(NC(=O)c2ccco2)cc1NC(=O)c1ccco1)Nc1ccc(C#N)cc1. The molecular formula is C27H24N4O4. The highest BCUT2D eigenvalue weighted by Crippen LogP contribution is 2.25. The van der Waals surface area contributed by atoms with E-state index in [-0.39, 0.29) is 29.4 Å². The molecule has 0 aliphatic heterocycles. The maximum absolute atomic E-state index is 12.7. The zero-order chi connectivity index (χ0) is 24.6. The Balaban J connectivity index is 1.56. The summed E-state index contributed by atoms with van der Waals surface area (Å²) in [5.74, 6) is -0.407. The summed E-state index contributed by atoms with van der Waals surface area (Å²) in [4.78, 5) is 25.1. The number of hydrogen-bond acceptors (Lipinski definition) is 6. The highest BCUT2D eigenvalue weighted by molar-refractivity contribution is 6.05.